The minimum atomic E-state index is -4.02. The standard InChI is InChI=1S/C7H12O6S/c1-2-6(8)7(9)13-4-3-5-14(10,11)12/h2-5H2,1H3,(H,10,11,12). The molecular formula is C7H12O6S. The van der Waals surface area contributed by atoms with Gasteiger partial charge in [0.15, 0.2) is 0 Å². The van der Waals surface area contributed by atoms with Crippen molar-refractivity contribution in [3.63, 3.8) is 0 Å². The molecule has 0 radical (unpaired) electrons. The van der Waals surface area contributed by atoms with Crippen LogP contribution in [0.2, 0.25) is 0 Å². The van der Waals surface area contributed by atoms with E-state index in [4.69, 9.17) is 4.55 Å². The number of ether oxygens (including phenoxy) is 1. The van der Waals surface area contributed by atoms with Crippen molar-refractivity contribution < 1.29 is 27.3 Å². The van der Waals surface area contributed by atoms with Crippen molar-refractivity contribution in [2.45, 2.75) is 19.8 Å². The summed E-state index contributed by atoms with van der Waals surface area (Å²) in [6.45, 7) is 1.33. The Balaban J connectivity index is 3.66. The molecule has 0 aromatic carbocycles. The molecule has 0 saturated carbocycles. The van der Waals surface area contributed by atoms with Gasteiger partial charge in [0, 0.05) is 6.42 Å². The molecule has 0 aliphatic carbocycles. The molecule has 0 bridgehead atoms. The zero-order chi connectivity index (χ0) is 11.2. The Morgan fingerprint density at radius 2 is 1.93 bits per heavy atom. The lowest BCUT2D eigenvalue weighted by molar-refractivity contribution is -0.153. The number of hydrogen-bond donors (Lipinski definition) is 1. The average Bonchev–Trinajstić information content (AvgIpc) is 2.09. The summed E-state index contributed by atoms with van der Waals surface area (Å²) in [7, 11) is -4.02. The van der Waals surface area contributed by atoms with E-state index >= 15 is 0 Å². The normalized spacial score (nSPS) is 11.0. The second-order valence-electron chi connectivity index (χ2n) is 2.55. The van der Waals surface area contributed by atoms with E-state index in [1.165, 1.54) is 6.92 Å². The molecular weight excluding hydrogens is 212 g/mol. The highest BCUT2D eigenvalue weighted by Crippen LogP contribution is 1.92. The first-order valence-corrected chi connectivity index (χ1v) is 5.63. The lowest BCUT2D eigenvalue weighted by Gasteiger charge is -2.01. The third kappa shape index (κ3) is 6.55. The van der Waals surface area contributed by atoms with Crippen molar-refractivity contribution in [3.8, 4) is 0 Å². The lowest BCUT2D eigenvalue weighted by Crippen LogP contribution is -2.18. The van der Waals surface area contributed by atoms with E-state index in [0.717, 1.165) is 0 Å². The molecule has 0 heterocycles. The van der Waals surface area contributed by atoms with Crippen LogP contribution in [0.5, 0.6) is 0 Å². The Labute approximate surface area is 82.0 Å². The van der Waals surface area contributed by atoms with Crippen molar-refractivity contribution >= 4 is 21.9 Å². The van der Waals surface area contributed by atoms with Crippen LogP contribution in [0.1, 0.15) is 19.8 Å². The topological polar surface area (TPSA) is 97.7 Å². The van der Waals surface area contributed by atoms with Crippen molar-refractivity contribution in [2.24, 2.45) is 0 Å². The smallest absolute Gasteiger partial charge is 0.374 e. The van der Waals surface area contributed by atoms with E-state index in [-0.39, 0.29) is 19.4 Å². The molecule has 6 nitrogen and oxygen atoms in total. The zero-order valence-corrected chi connectivity index (χ0v) is 8.54. The first-order valence-electron chi connectivity index (χ1n) is 4.02. The maximum Gasteiger partial charge on any atom is 0.374 e. The van der Waals surface area contributed by atoms with E-state index in [2.05, 4.69) is 4.74 Å². The van der Waals surface area contributed by atoms with Crippen molar-refractivity contribution in [2.75, 3.05) is 12.4 Å². The maximum atomic E-state index is 10.7. The summed E-state index contributed by atoms with van der Waals surface area (Å²) in [4.78, 5) is 21.4. The number of carbonyl (C=O) groups excluding carboxylic acids is 2. The number of hydrogen-bond acceptors (Lipinski definition) is 5. The van der Waals surface area contributed by atoms with Crippen LogP contribution in [-0.2, 0) is 24.4 Å². The molecule has 0 amide bonds. The number of ketones is 1. The highest BCUT2D eigenvalue weighted by atomic mass is 32.2. The van der Waals surface area contributed by atoms with Gasteiger partial charge in [-0.3, -0.25) is 9.35 Å². The summed E-state index contributed by atoms with van der Waals surface area (Å²) in [5.74, 6) is -2.11. The Morgan fingerprint density at radius 1 is 1.36 bits per heavy atom. The van der Waals surface area contributed by atoms with Gasteiger partial charge in [-0.2, -0.15) is 8.42 Å². The van der Waals surface area contributed by atoms with E-state index in [1.807, 2.05) is 0 Å². The summed E-state index contributed by atoms with van der Waals surface area (Å²) in [6.07, 6.45) is 0.0265. The SMILES string of the molecule is CCC(=O)C(=O)OCCCS(=O)(=O)O. The Kier molecular flexibility index (Phi) is 5.32. The quantitative estimate of drug-likeness (QED) is 0.290. The van der Waals surface area contributed by atoms with Crippen LogP contribution < -0.4 is 0 Å². The first kappa shape index (κ1) is 13.1. The van der Waals surface area contributed by atoms with Gasteiger partial charge in [-0.15, -0.1) is 0 Å². The molecule has 0 unspecified atom stereocenters. The molecule has 0 atom stereocenters. The van der Waals surface area contributed by atoms with E-state index in [9.17, 15) is 18.0 Å². The van der Waals surface area contributed by atoms with E-state index < -0.39 is 27.6 Å². The highest BCUT2D eigenvalue weighted by molar-refractivity contribution is 7.85. The minimum Gasteiger partial charge on any atom is -0.460 e. The molecule has 0 saturated heterocycles. The fraction of sp³-hybridized carbons (Fsp3) is 0.714. The summed E-state index contributed by atoms with van der Waals surface area (Å²) in [6, 6.07) is 0. The van der Waals surface area contributed by atoms with Gasteiger partial charge in [0.1, 0.15) is 0 Å². The predicted octanol–water partition coefficient (Wildman–Crippen LogP) is -0.213. The van der Waals surface area contributed by atoms with Crippen LogP contribution in [0, 0.1) is 0 Å². The van der Waals surface area contributed by atoms with Crippen molar-refractivity contribution in [3.05, 3.63) is 0 Å². The molecule has 0 aliphatic heterocycles. The zero-order valence-electron chi connectivity index (χ0n) is 7.73. The molecule has 0 spiro atoms. The third-order valence-corrected chi connectivity index (χ3v) is 2.13. The average molecular weight is 224 g/mol. The second-order valence-corrected chi connectivity index (χ2v) is 4.12. The van der Waals surface area contributed by atoms with Gasteiger partial charge in [-0.1, -0.05) is 6.92 Å². The first-order chi connectivity index (χ1) is 6.37. The van der Waals surface area contributed by atoms with Crippen LogP contribution in [0.15, 0.2) is 0 Å². The summed E-state index contributed by atoms with van der Waals surface area (Å²) < 4.78 is 33.2. The van der Waals surface area contributed by atoms with Gasteiger partial charge in [0.05, 0.1) is 12.4 Å². The minimum absolute atomic E-state index is 0.0262. The number of Topliss-reactive ketones (excluding diaryl/α,β-unsaturated/α-hetero) is 1. The summed E-state index contributed by atoms with van der Waals surface area (Å²) in [5.41, 5.74) is 0. The molecule has 14 heavy (non-hydrogen) atoms. The van der Waals surface area contributed by atoms with Crippen LogP contribution in [0.3, 0.4) is 0 Å². The van der Waals surface area contributed by atoms with E-state index in [1.54, 1.807) is 0 Å². The lowest BCUT2D eigenvalue weighted by atomic mass is 10.3. The van der Waals surface area contributed by atoms with Gasteiger partial charge in [-0.25, -0.2) is 4.79 Å². The molecule has 0 aliphatic rings. The van der Waals surface area contributed by atoms with Crippen LogP contribution >= 0.6 is 0 Å². The third-order valence-electron chi connectivity index (χ3n) is 1.33. The number of rotatable bonds is 6. The van der Waals surface area contributed by atoms with Gasteiger partial charge in [-0.05, 0) is 6.42 Å². The molecule has 0 aromatic heterocycles. The molecule has 0 fully saturated rings. The van der Waals surface area contributed by atoms with Gasteiger partial charge < -0.3 is 4.74 Å². The predicted molar refractivity (Wildman–Crippen MR) is 47.3 cm³/mol. The molecule has 1 N–H and O–H groups in total. The van der Waals surface area contributed by atoms with Crippen molar-refractivity contribution in [1.29, 1.82) is 0 Å². The molecule has 82 valence electrons. The fourth-order valence-corrected chi connectivity index (χ4v) is 1.11. The number of esters is 1. The highest BCUT2D eigenvalue weighted by Gasteiger charge is 2.12. The van der Waals surface area contributed by atoms with Gasteiger partial charge in [0.25, 0.3) is 10.1 Å². The van der Waals surface area contributed by atoms with Gasteiger partial charge >= 0.3 is 5.97 Å². The van der Waals surface area contributed by atoms with Crippen LogP contribution in [-0.4, -0.2) is 37.1 Å². The largest absolute Gasteiger partial charge is 0.460 e. The van der Waals surface area contributed by atoms with Crippen LogP contribution in [0.4, 0.5) is 0 Å². The molecule has 0 aromatic rings. The van der Waals surface area contributed by atoms with Crippen molar-refractivity contribution in [1.82, 2.24) is 0 Å². The Morgan fingerprint density at radius 3 is 2.36 bits per heavy atom. The summed E-state index contributed by atoms with van der Waals surface area (Å²) >= 11 is 0. The van der Waals surface area contributed by atoms with Crippen LogP contribution in [0.25, 0.3) is 0 Å². The van der Waals surface area contributed by atoms with Gasteiger partial charge in [0.2, 0.25) is 5.78 Å². The molecule has 0 rings (SSSR count). The monoisotopic (exact) mass is 224 g/mol. The Hall–Kier alpha value is -0.950. The number of carbonyl (C=O) groups is 2. The second kappa shape index (κ2) is 5.71. The maximum absolute atomic E-state index is 10.7. The molecule has 7 heteroatoms. The van der Waals surface area contributed by atoms with E-state index in [0.29, 0.717) is 0 Å². The Bertz CT molecular complexity index is 304. The summed E-state index contributed by atoms with van der Waals surface area (Å²) in [5, 5.41) is 0. The fourth-order valence-electron chi connectivity index (χ4n) is 0.631.